The van der Waals surface area contributed by atoms with E-state index in [1.54, 1.807) is 0 Å². The van der Waals surface area contributed by atoms with Crippen molar-refractivity contribution < 1.29 is 0 Å². The van der Waals surface area contributed by atoms with Crippen LogP contribution in [0.2, 0.25) is 0 Å². The quantitative estimate of drug-likeness (QED) is 0.449. The molecule has 1 N–H and O–H groups in total. The minimum atomic E-state index is -0.361. The molecular weight excluding hydrogens is 100 g/mol. The molecule has 1 saturated heterocycles. The molecule has 0 radical (unpaired) electrons. The Bertz CT molecular complexity index is 231. The molecule has 0 aromatic rings. The average Bonchev–Trinajstić information content (AvgIpc) is 2.38. The molecule has 2 nitrogen and oxygen atoms in total. The van der Waals surface area contributed by atoms with E-state index in [4.69, 9.17) is 5.26 Å². The minimum absolute atomic E-state index is 0.361. The van der Waals surface area contributed by atoms with Gasteiger partial charge < -0.3 is 5.32 Å². The summed E-state index contributed by atoms with van der Waals surface area (Å²) in [5, 5.41) is 11.4. The first-order valence-corrected chi connectivity index (χ1v) is 2.47. The van der Waals surface area contributed by atoms with Crippen LogP contribution >= 0.6 is 0 Å². The first-order valence-electron chi connectivity index (χ1n) is 2.47. The van der Waals surface area contributed by atoms with E-state index in [9.17, 15) is 0 Å². The van der Waals surface area contributed by atoms with Crippen LogP contribution < -0.4 is 5.32 Å². The van der Waals surface area contributed by atoms with Gasteiger partial charge in [0.15, 0.2) is 5.54 Å². The van der Waals surface area contributed by atoms with Crippen LogP contribution in [0.3, 0.4) is 0 Å². The van der Waals surface area contributed by atoms with Gasteiger partial charge in [0.1, 0.15) is 6.07 Å². The van der Waals surface area contributed by atoms with E-state index in [-0.39, 0.29) is 5.54 Å². The number of hydrogen-bond acceptors (Lipinski definition) is 2. The summed E-state index contributed by atoms with van der Waals surface area (Å²) in [6.45, 7) is 0. The van der Waals surface area contributed by atoms with Gasteiger partial charge in [0.25, 0.3) is 0 Å². The SMILES string of the molecule is N#CC12C=CC=C1N2. The summed E-state index contributed by atoms with van der Waals surface area (Å²) in [6.07, 6.45) is 5.68. The lowest BCUT2D eigenvalue weighted by Gasteiger charge is -1.83. The van der Waals surface area contributed by atoms with Gasteiger partial charge >= 0.3 is 0 Å². The van der Waals surface area contributed by atoms with Gasteiger partial charge in [-0.1, -0.05) is 6.08 Å². The second-order valence-electron chi connectivity index (χ2n) is 1.98. The third kappa shape index (κ3) is 0.215. The Morgan fingerprint density at radius 1 is 1.75 bits per heavy atom. The zero-order valence-corrected chi connectivity index (χ0v) is 4.18. The first kappa shape index (κ1) is 3.73. The van der Waals surface area contributed by atoms with E-state index < -0.39 is 0 Å². The van der Waals surface area contributed by atoms with Gasteiger partial charge in [-0.15, -0.1) is 0 Å². The molecule has 1 heterocycles. The zero-order chi connectivity index (χ0) is 5.61. The summed E-state index contributed by atoms with van der Waals surface area (Å²) in [6, 6.07) is 2.15. The lowest BCUT2D eigenvalue weighted by molar-refractivity contribution is 1.01. The van der Waals surface area contributed by atoms with Gasteiger partial charge in [0.05, 0.1) is 5.70 Å². The Morgan fingerprint density at radius 3 is 2.88 bits per heavy atom. The monoisotopic (exact) mass is 104 g/mol. The first-order chi connectivity index (χ1) is 3.87. The fourth-order valence-corrected chi connectivity index (χ4v) is 0.900. The third-order valence-corrected chi connectivity index (χ3v) is 1.48. The zero-order valence-electron chi connectivity index (χ0n) is 4.18. The van der Waals surface area contributed by atoms with E-state index >= 15 is 0 Å². The number of nitrogens with one attached hydrogen (secondary N) is 1. The fraction of sp³-hybridized carbons (Fsp3) is 0.167. The van der Waals surface area contributed by atoms with Crippen LogP contribution in [0.15, 0.2) is 23.9 Å². The molecular formula is C6H4N2. The number of fused-ring (bicyclic) bond motifs is 1. The van der Waals surface area contributed by atoms with Gasteiger partial charge in [-0.3, -0.25) is 0 Å². The largest absolute Gasteiger partial charge is 0.360 e. The highest BCUT2D eigenvalue weighted by atomic mass is 15.2. The molecule has 38 valence electrons. The Labute approximate surface area is 47.1 Å². The average molecular weight is 104 g/mol. The van der Waals surface area contributed by atoms with Gasteiger partial charge in [0.2, 0.25) is 0 Å². The summed E-state index contributed by atoms with van der Waals surface area (Å²) < 4.78 is 0. The smallest absolute Gasteiger partial charge is 0.184 e. The van der Waals surface area contributed by atoms with Crippen molar-refractivity contribution in [3.63, 3.8) is 0 Å². The van der Waals surface area contributed by atoms with Crippen molar-refractivity contribution in [1.29, 1.82) is 5.26 Å². The number of hydrogen-bond donors (Lipinski definition) is 1. The fourth-order valence-electron chi connectivity index (χ4n) is 0.900. The minimum Gasteiger partial charge on any atom is -0.360 e. The second kappa shape index (κ2) is 0.805. The molecule has 2 aliphatic rings. The van der Waals surface area contributed by atoms with Crippen molar-refractivity contribution in [2.45, 2.75) is 5.54 Å². The standard InChI is InChI=1S/C6H4N2/c7-4-6-3-1-2-5(6)8-6/h1-3,8H. The molecule has 1 aliphatic carbocycles. The molecule has 1 atom stereocenters. The summed E-state index contributed by atoms with van der Waals surface area (Å²) in [4.78, 5) is 0. The summed E-state index contributed by atoms with van der Waals surface area (Å²) in [5.41, 5.74) is 0.681. The predicted octanol–water partition coefficient (Wildman–Crippen LogP) is 0.306. The molecule has 8 heavy (non-hydrogen) atoms. The summed E-state index contributed by atoms with van der Waals surface area (Å²) in [7, 11) is 0. The maximum absolute atomic E-state index is 8.46. The van der Waals surface area contributed by atoms with Crippen molar-refractivity contribution in [2.24, 2.45) is 0 Å². The molecule has 2 heteroatoms. The van der Waals surface area contributed by atoms with Crippen molar-refractivity contribution in [3.05, 3.63) is 23.9 Å². The van der Waals surface area contributed by atoms with Crippen LogP contribution in [-0.2, 0) is 0 Å². The van der Waals surface area contributed by atoms with E-state index in [2.05, 4.69) is 11.4 Å². The van der Waals surface area contributed by atoms with Crippen molar-refractivity contribution >= 4 is 0 Å². The van der Waals surface area contributed by atoms with Crippen LogP contribution in [0.1, 0.15) is 0 Å². The lowest BCUT2D eigenvalue weighted by atomic mass is 10.2. The van der Waals surface area contributed by atoms with Crippen LogP contribution in [-0.4, -0.2) is 5.54 Å². The molecule has 0 aromatic carbocycles. The van der Waals surface area contributed by atoms with Crippen LogP contribution in [0.5, 0.6) is 0 Å². The Hall–Kier alpha value is -1.23. The lowest BCUT2D eigenvalue weighted by Crippen LogP contribution is -2.04. The molecule has 0 aromatic heterocycles. The number of nitriles is 1. The molecule has 2 rings (SSSR count). The second-order valence-corrected chi connectivity index (χ2v) is 1.98. The van der Waals surface area contributed by atoms with E-state index in [0.717, 1.165) is 5.70 Å². The van der Waals surface area contributed by atoms with E-state index in [0.29, 0.717) is 0 Å². The van der Waals surface area contributed by atoms with Crippen LogP contribution in [0.25, 0.3) is 0 Å². The van der Waals surface area contributed by atoms with Gasteiger partial charge in [-0.2, -0.15) is 5.26 Å². The third-order valence-electron chi connectivity index (χ3n) is 1.48. The highest BCUT2D eigenvalue weighted by molar-refractivity contribution is 5.57. The van der Waals surface area contributed by atoms with Crippen LogP contribution in [0, 0.1) is 11.3 Å². The Balaban J connectivity index is 2.50. The predicted molar refractivity (Wildman–Crippen MR) is 28.7 cm³/mol. The maximum atomic E-state index is 8.46. The highest BCUT2D eigenvalue weighted by Crippen LogP contribution is 2.35. The van der Waals surface area contributed by atoms with Gasteiger partial charge in [0, 0.05) is 0 Å². The van der Waals surface area contributed by atoms with Crippen molar-refractivity contribution in [1.82, 2.24) is 5.32 Å². The number of allylic oxidation sites excluding steroid dienone is 2. The highest BCUT2D eigenvalue weighted by Gasteiger charge is 2.48. The van der Waals surface area contributed by atoms with Crippen molar-refractivity contribution in [3.8, 4) is 6.07 Å². The molecule has 0 spiro atoms. The molecule has 1 unspecified atom stereocenters. The molecule has 1 fully saturated rings. The van der Waals surface area contributed by atoms with Crippen molar-refractivity contribution in [2.75, 3.05) is 0 Å². The number of rotatable bonds is 0. The molecule has 0 saturated carbocycles. The normalized spacial score (nSPS) is 37.1. The molecule has 0 bridgehead atoms. The topological polar surface area (TPSA) is 45.7 Å². The van der Waals surface area contributed by atoms with Gasteiger partial charge in [-0.05, 0) is 12.2 Å². The van der Waals surface area contributed by atoms with E-state index in [1.165, 1.54) is 0 Å². The number of nitrogens with zero attached hydrogens (tertiary/aromatic N) is 1. The van der Waals surface area contributed by atoms with Gasteiger partial charge in [-0.25, -0.2) is 0 Å². The van der Waals surface area contributed by atoms with E-state index in [1.807, 2.05) is 18.2 Å². The summed E-state index contributed by atoms with van der Waals surface area (Å²) in [5.74, 6) is 0. The summed E-state index contributed by atoms with van der Waals surface area (Å²) >= 11 is 0. The number of dihydropyridines is 1. The Kier molecular flexibility index (Phi) is 0.376. The Morgan fingerprint density at radius 2 is 2.62 bits per heavy atom. The molecule has 1 aliphatic heterocycles. The van der Waals surface area contributed by atoms with Crippen LogP contribution in [0.4, 0.5) is 0 Å². The maximum Gasteiger partial charge on any atom is 0.184 e. The molecule has 0 amide bonds.